The predicted octanol–water partition coefficient (Wildman–Crippen LogP) is 3.35. The summed E-state index contributed by atoms with van der Waals surface area (Å²) in [7, 11) is 1.78. The second-order valence-electron chi connectivity index (χ2n) is 5.40. The van der Waals surface area contributed by atoms with Crippen LogP contribution in [0.2, 0.25) is 0 Å². The van der Waals surface area contributed by atoms with E-state index < -0.39 is 6.10 Å². The number of benzene rings is 1. The number of halogens is 1. The molecule has 1 atom stereocenters. The van der Waals surface area contributed by atoms with Crippen LogP contribution in [0.5, 0.6) is 0 Å². The van der Waals surface area contributed by atoms with E-state index in [1.807, 2.05) is 17.5 Å². The van der Waals surface area contributed by atoms with Crippen LogP contribution in [0.15, 0.2) is 46.9 Å². The van der Waals surface area contributed by atoms with E-state index in [1.54, 1.807) is 41.2 Å². The van der Waals surface area contributed by atoms with Crippen LogP contribution >= 0.6 is 23.1 Å². The van der Waals surface area contributed by atoms with Gasteiger partial charge in [-0.2, -0.15) is 0 Å². The predicted molar refractivity (Wildman–Crippen MR) is 97.1 cm³/mol. The van der Waals surface area contributed by atoms with Gasteiger partial charge >= 0.3 is 0 Å². The van der Waals surface area contributed by atoms with Gasteiger partial charge in [0.05, 0.1) is 24.9 Å². The molecule has 0 aliphatic heterocycles. The Bertz CT molecular complexity index is 808. The second-order valence-corrected chi connectivity index (χ2v) is 7.42. The summed E-state index contributed by atoms with van der Waals surface area (Å²) < 4.78 is 21.1. The lowest BCUT2D eigenvalue weighted by molar-refractivity contribution is 0.0408. The molecule has 132 valence electrons. The zero-order valence-electron chi connectivity index (χ0n) is 13.6. The molecule has 1 aromatic carbocycles. The number of aliphatic hydroxyl groups is 1. The molecule has 0 unspecified atom stereocenters. The summed E-state index contributed by atoms with van der Waals surface area (Å²) in [5.74, 6) is 0.550. The third kappa shape index (κ3) is 4.66. The molecule has 0 aliphatic rings. The first-order chi connectivity index (χ1) is 12.1. The number of hydrogen-bond acceptors (Lipinski definition) is 6. The van der Waals surface area contributed by atoms with Crippen LogP contribution in [0.4, 0.5) is 4.39 Å². The molecule has 1 N–H and O–H groups in total. The van der Waals surface area contributed by atoms with Crippen LogP contribution < -0.4 is 0 Å². The van der Waals surface area contributed by atoms with Gasteiger partial charge in [-0.3, -0.25) is 0 Å². The number of hydrogen-bond donors (Lipinski definition) is 1. The zero-order valence-corrected chi connectivity index (χ0v) is 15.3. The van der Waals surface area contributed by atoms with Gasteiger partial charge in [0, 0.05) is 17.7 Å². The molecule has 0 saturated heterocycles. The average molecular weight is 379 g/mol. The Morgan fingerprint density at radius 1 is 1.28 bits per heavy atom. The summed E-state index contributed by atoms with van der Waals surface area (Å²) in [6, 6.07) is 10.4. The molecule has 5 nitrogen and oxygen atoms in total. The molecule has 2 aromatic heterocycles. The highest BCUT2D eigenvalue weighted by Crippen LogP contribution is 2.25. The number of thioether (sulfide) groups is 1. The van der Waals surface area contributed by atoms with Gasteiger partial charge in [-0.25, -0.2) is 4.39 Å². The molecule has 0 aliphatic carbocycles. The van der Waals surface area contributed by atoms with E-state index >= 15 is 0 Å². The van der Waals surface area contributed by atoms with E-state index in [2.05, 4.69) is 10.2 Å². The zero-order chi connectivity index (χ0) is 17.6. The van der Waals surface area contributed by atoms with Crippen LogP contribution in [0.25, 0.3) is 11.4 Å². The number of ether oxygens (including phenoxy) is 1. The van der Waals surface area contributed by atoms with Crippen LogP contribution in [0.1, 0.15) is 4.88 Å². The van der Waals surface area contributed by atoms with E-state index in [0.29, 0.717) is 28.9 Å². The summed E-state index contributed by atoms with van der Waals surface area (Å²) in [6.07, 6.45) is -0.612. The summed E-state index contributed by atoms with van der Waals surface area (Å²) >= 11 is 2.99. The minimum Gasteiger partial charge on any atom is -0.390 e. The fraction of sp³-hybridized carbons (Fsp3) is 0.294. The number of rotatable bonds is 8. The molecule has 3 aromatic rings. The smallest absolute Gasteiger partial charge is 0.191 e. The number of thiophene rings is 1. The van der Waals surface area contributed by atoms with Crippen molar-refractivity contribution in [2.75, 3.05) is 12.4 Å². The molecule has 8 heteroatoms. The van der Waals surface area contributed by atoms with Gasteiger partial charge in [-0.1, -0.05) is 30.0 Å². The average Bonchev–Trinajstić information content (AvgIpc) is 3.24. The van der Waals surface area contributed by atoms with Gasteiger partial charge in [0.15, 0.2) is 11.0 Å². The standard InChI is InChI=1S/C17H18FN3O2S2/c1-21-16(14-6-2-3-7-15(14)18)19-20-17(21)25-11-12(22)9-23-10-13-5-4-8-24-13/h2-8,12,22H,9-11H2,1H3/t12-/m0/s1. The van der Waals surface area contributed by atoms with Crippen LogP contribution in [0, 0.1) is 5.82 Å². The van der Waals surface area contributed by atoms with E-state index in [-0.39, 0.29) is 12.4 Å². The van der Waals surface area contributed by atoms with Crippen molar-refractivity contribution in [2.24, 2.45) is 7.05 Å². The van der Waals surface area contributed by atoms with Crippen LogP contribution in [-0.4, -0.2) is 38.3 Å². The highest BCUT2D eigenvalue weighted by molar-refractivity contribution is 7.99. The second kappa shape index (κ2) is 8.57. The topological polar surface area (TPSA) is 60.2 Å². The highest BCUT2D eigenvalue weighted by atomic mass is 32.2. The van der Waals surface area contributed by atoms with Crippen LogP contribution in [0.3, 0.4) is 0 Å². The molecule has 2 heterocycles. The molecule has 0 amide bonds. The van der Waals surface area contributed by atoms with Crippen molar-refractivity contribution in [1.82, 2.24) is 14.8 Å². The minimum atomic E-state index is -0.612. The summed E-state index contributed by atoms with van der Waals surface area (Å²) in [5.41, 5.74) is 0.407. The van der Waals surface area contributed by atoms with Crippen molar-refractivity contribution < 1.29 is 14.2 Å². The van der Waals surface area contributed by atoms with E-state index in [0.717, 1.165) is 4.88 Å². The van der Waals surface area contributed by atoms with E-state index in [1.165, 1.54) is 17.8 Å². The largest absolute Gasteiger partial charge is 0.390 e. The van der Waals surface area contributed by atoms with Gasteiger partial charge in [0.25, 0.3) is 0 Å². The molecule has 0 bridgehead atoms. The van der Waals surface area contributed by atoms with Crippen LogP contribution in [-0.2, 0) is 18.4 Å². The maximum atomic E-state index is 13.9. The Morgan fingerprint density at radius 2 is 2.12 bits per heavy atom. The molecule has 0 saturated carbocycles. The molecular formula is C17H18FN3O2S2. The van der Waals surface area contributed by atoms with Crippen molar-refractivity contribution in [3.05, 3.63) is 52.5 Å². The summed E-state index contributed by atoms with van der Waals surface area (Å²) in [4.78, 5) is 1.13. The molecule has 3 rings (SSSR count). The van der Waals surface area contributed by atoms with E-state index in [4.69, 9.17) is 4.74 Å². The third-order valence-electron chi connectivity index (χ3n) is 3.49. The lowest BCUT2D eigenvalue weighted by atomic mass is 10.2. The molecule has 0 radical (unpaired) electrons. The monoisotopic (exact) mass is 379 g/mol. The fourth-order valence-corrected chi connectivity index (χ4v) is 3.68. The molecular weight excluding hydrogens is 361 g/mol. The highest BCUT2D eigenvalue weighted by Gasteiger charge is 2.15. The lowest BCUT2D eigenvalue weighted by Crippen LogP contribution is -2.18. The molecule has 25 heavy (non-hydrogen) atoms. The van der Waals surface area contributed by atoms with Gasteiger partial charge in [-0.15, -0.1) is 21.5 Å². The Hall–Kier alpha value is -1.74. The van der Waals surface area contributed by atoms with Crippen molar-refractivity contribution in [1.29, 1.82) is 0 Å². The van der Waals surface area contributed by atoms with Gasteiger partial charge in [0.1, 0.15) is 5.82 Å². The lowest BCUT2D eigenvalue weighted by Gasteiger charge is -2.10. The summed E-state index contributed by atoms with van der Waals surface area (Å²) in [6.45, 7) is 0.754. The van der Waals surface area contributed by atoms with Gasteiger partial charge in [0.2, 0.25) is 0 Å². The number of aliphatic hydroxyl groups excluding tert-OH is 1. The molecule has 0 spiro atoms. The Morgan fingerprint density at radius 3 is 2.88 bits per heavy atom. The first kappa shape index (κ1) is 18.1. The Balaban J connectivity index is 1.52. The van der Waals surface area contributed by atoms with Crippen molar-refractivity contribution in [3.8, 4) is 11.4 Å². The molecule has 0 fully saturated rings. The maximum absolute atomic E-state index is 13.9. The Kier molecular flexibility index (Phi) is 6.19. The number of nitrogens with zero attached hydrogens (tertiary/aromatic N) is 3. The first-order valence-electron chi connectivity index (χ1n) is 7.70. The van der Waals surface area contributed by atoms with Gasteiger partial charge < -0.3 is 14.4 Å². The van der Waals surface area contributed by atoms with Crippen molar-refractivity contribution in [3.63, 3.8) is 0 Å². The maximum Gasteiger partial charge on any atom is 0.191 e. The van der Waals surface area contributed by atoms with Gasteiger partial charge in [-0.05, 0) is 23.6 Å². The van der Waals surface area contributed by atoms with Crippen molar-refractivity contribution in [2.45, 2.75) is 17.9 Å². The first-order valence-corrected chi connectivity index (χ1v) is 9.57. The SMILES string of the molecule is Cn1c(SC[C@@H](O)COCc2cccs2)nnc1-c1ccccc1F. The number of aromatic nitrogens is 3. The van der Waals surface area contributed by atoms with Crippen molar-refractivity contribution >= 4 is 23.1 Å². The third-order valence-corrected chi connectivity index (χ3v) is 5.50. The summed E-state index contributed by atoms with van der Waals surface area (Å²) in [5, 5.41) is 20.8. The van der Waals surface area contributed by atoms with E-state index in [9.17, 15) is 9.50 Å². The fourth-order valence-electron chi connectivity index (χ4n) is 2.23. The quantitative estimate of drug-likeness (QED) is 0.608. The normalized spacial score (nSPS) is 12.4. The minimum absolute atomic E-state index is 0.253. The Labute approximate surface area is 153 Å².